The molecule has 0 aliphatic heterocycles. The number of rotatable bonds is 3. The van der Waals surface area contributed by atoms with Crippen molar-refractivity contribution in [2.45, 2.75) is 25.8 Å². The molecule has 17 heavy (non-hydrogen) atoms. The number of carbonyl (C=O) groups is 1. The van der Waals surface area contributed by atoms with Gasteiger partial charge < -0.3 is 15.2 Å². The van der Waals surface area contributed by atoms with Crippen molar-refractivity contribution in [1.29, 1.82) is 0 Å². The summed E-state index contributed by atoms with van der Waals surface area (Å²) >= 11 is 0. The van der Waals surface area contributed by atoms with Crippen molar-refractivity contribution >= 4 is 5.97 Å². The summed E-state index contributed by atoms with van der Waals surface area (Å²) in [6.45, 7) is 2.41. The number of hydrogen-bond acceptors (Lipinski definition) is 4. The highest BCUT2D eigenvalue weighted by atomic mass is 16.5. The summed E-state index contributed by atoms with van der Waals surface area (Å²) in [5.74, 6) is 0.242. The summed E-state index contributed by atoms with van der Waals surface area (Å²) in [5.41, 5.74) is 8.58. The van der Waals surface area contributed by atoms with Crippen LogP contribution in [0, 0.1) is 0 Å². The molecule has 0 aromatic heterocycles. The molecule has 0 amide bonds. The van der Waals surface area contributed by atoms with Crippen LogP contribution in [0.4, 0.5) is 0 Å². The van der Waals surface area contributed by atoms with Gasteiger partial charge in [-0.25, -0.2) is 4.79 Å². The molecule has 0 saturated carbocycles. The topological polar surface area (TPSA) is 61.5 Å². The molecule has 0 radical (unpaired) electrons. The van der Waals surface area contributed by atoms with Gasteiger partial charge in [-0.05, 0) is 37.0 Å². The van der Waals surface area contributed by atoms with Gasteiger partial charge in [-0.1, -0.05) is 6.07 Å². The average Bonchev–Trinajstić information content (AvgIpc) is 2.68. The fourth-order valence-electron chi connectivity index (χ4n) is 2.31. The number of methoxy groups -OCH3 is 1. The van der Waals surface area contributed by atoms with Gasteiger partial charge in [0.25, 0.3) is 0 Å². The molecule has 1 aliphatic carbocycles. The monoisotopic (exact) mass is 235 g/mol. The number of fused-ring (bicyclic) bond motifs is 1. The van der Waals surface area contributed by atoms with E-state index in [1.165, 1.54) is 7.11 Å². The first-order valence-corrected chi connectivity index (χ1v) is 5.78. The Kier molecular flexibility index (Phi) is 3.33. The fourth-order valence-corrected chi connectivity index (χ4v) is 2.31. The Balaban J connectivity index is 2.50. The SMILES string of the molecule is CCOc1ccc2c(c1C(=O)OC)CC(N)C2. The van der Waals surface area contributed by atoms with Crippen molar-refractivity contribution in [2.24, 2.45) is 5.73 Å². The Labute approximate surface area is 101 Å². The van der Waals surface area contributed by atoms with Gasteiger partial charge >= 0.3 is 5.97 Å². The minimum atomic E-state index is -0.348. The van der Waals surface area contributed by atoms with E-state index < -0.39 is 0 Å². The smallest absolute Gasteiger partial charge is 0.341 e. The molecule has 1 aliphatic rings. The zero-order valence-electron chi connectivity index (χ0n) is 10.2. The van der Waals surface area contributed by atoms with Gasteiger partial charge in [0.05, 0.1) is 13.7 Å². The predicted molar refractivity (Wildman–Crippen MR) is 64.3 cm³/mol. The van der Waals surface area contributed by atoms with Crippen LogP contribution in [0.1, 0.15) is 28.4 Å². The first kappa shape index (κ1) is 11.9. The maximum Gasteiger partial charge on any atom is 0.341 e. The van der Waals surface area contributed by atoms with Crippen LogP contribution in [-0.4, -0.2) is 25.7 Å². The standard InChI is InChI=1S/C13H17NO3/c1-3-17-11-5-4-8-6-9(14)7-10(8)12(11)13(15)16-2/h4-5,9H,3,6-7,14H2,1-2H3. The zero-order valence-corrected chi connectivity index (χ0v) is 10.2. The van der Waals surface area contributed by atoms with Gasteiger partial charge in [-0.3, -0.25) is 0 Å². The molecule has 1 aromatic rings. The van der Waals surface area contributed by atoms with Gasteiger partial charge in [0.2, 0.25) is 0 Å². The second-order valence-electron chi connectivity index (χ2n) is 4.17. The lowest BCUT2D eigenvalue weighted by molar-refractivity contribution is 0.0595. The molecule has 1 atom stereocenters. The second kappa shape index (κ2) is 4.75. The molecule has 92 valence electrons. The van der Waals surface area contributed by atoms with E-state index in [2.05, 4.69) is 0 Å². The summed E-state index contributed by atoms with van der Waals surface area (Å²) in [7, 11) is 1.38. The lowest BCUT2D eigenvalue weighted by Gasteiger charge is -2.12. The molecule has 0 bridgehead atoms. The Morgan fingerprint density at radius 1 is 1.47 bits per heavy atom. The third kappa shape index (κ3) is 2.13. The molecule has 0 heterocycles. The molecular formula is C13H17NO3. The highest BCUT2D eigenvalue weighted by Gasteiger charge is 2.27. The molecule has 1 aromatic carbocycles. The molecular weight excluding hydrogens is 218 g/mol. The van der Waals surface area contributed by atoms with E-state index >= 15 is 0 Å². The van der Waals surface area contributed by atoms with E-state index in [0.717, 1.165) is 17.5 Å². The number of esters is 1. The van der Waals surface area contributed by atoms with Crippen LogP contribution in [0.15, 0.2) is 12.1 Å². The summed E-state index contributed by atoms with van der Waals surface area (Å²) in [6, 6.07) is 3.90. The molecule has 0 spiro atoms. The van der Waals surface area contributed by atoms with Crippen molar-refractivity contribution in [2.75, 3.05) is 13.7 Å². The normalized spacial score (nSPS) is 17.7. The predicted octanol–water partition coefficient (Wildman–Crippen LogP) is 1.30. The van der Waals surface area contributed by atoms with Gasteiger partial charge in [-0.15, -0.1) is 0 Å². The first-order valence-electron chi connectivity index (χ1n) is 5.78. The van der Waals surface area contributed by atoms with Crippen molar-refractivity contribution in [3.05, 3.63) is 28.8 Å². The molecule has 4 nitrogen and oxygen atoms in total. The molecule has 0 fully saturated rings. The number of ether oxygens (including phenoxy) is 2. The highest BCUT2D eigenvalue weighted by molar-refractivity contribution is 5.95. The van der Waals surface area contributed by atoms with E-state index in [4.69, 9.17) is 15.2 Å². The van der Waals surface area contributed by atoms with E-state index in [9.17, 15) is 4.79 Å². The summed E-state index contributed by atoms with van der Waals surface area (Å²) in [4.78, 5) is 11.8. The summed E-state index contributed by atoms with van der Waals surface area (Å²) in [5, 5.41) is 0. The van der Waals surface area contributed by atoms with E-state index in [1.807, 2.05) is 19.1 Å². The fraction of sp³-hybridized carbons (Fsp3) is 0.462. The lowest BCUT2D eigenvalue weighted by Crippen LogP contribution is -2.19. The van der Waals surface area contributed by atoms with Crippen molar-refractivity contribution in [1.82, 2.24) is 0 Å². The molecule has 1 unspecified atom stereocenters. The summed E-state index contributed by atoms with van der Waals surface area (Å²) < 4.78 is 10.3. The molecule has 2 rings (SSSR count). The van der Waals surface area contributed by atoms with Gasteiger partial charge in [0.1, 0.15) is 11.3 Å². The Bertz CT molecular complexity index is 443. The van der Waals surface area contributed by atoms with Gasteiger partial charge in [-0.2, -0.15) is 0 Å². The van der Waals surface area contributed by atoms with Crippen LogP contribution >= 0.6 is 0 Å². The zero-order chi connectivity index (χ0) is 12.4. The number of benzene rings is 1. The van der Waals surface area contributed by atoms with Gasteiger partial charge in [0, 0.05) is 6.04 Å². The van der Waals surface area contributed by atoms with Crippen LogP contribution in [0.25, 0.3) is 0 Å². The highest BCUT2D eigenvalue weighted by Crippen LogP contribution is 2.32. The van der Waals surface area contributed by atoms with E-state index in [1.54, 1.807) is 0 Å². The molecule has 0 saturated heterocycles. The Morgan fingerprint density at radius 2 is 2.24 bits per heavy atom. The van der Waals surface area contributed by atoms with Gasteiger partial charge in [0.15, 0.2) is 0 Å². The number of carbonyl (C=O) groups excluding carboxylic acids is 1. The van der Waals surface area contributed by atoms with Crippen molar-refractivity contribution in [3.8, 4) is 5.75 Å². The Hall–Kier alpha value is -1.55. The largest absolute Gasteiger partial charge is 0.493 e. The minimum Gasteiger partial charge on any atom is -0.493 e. The minimum absolute atomic E-state index is 0.0882. The average molecular weight is 235 g/mol. The quantitative estimate of drug-likeness (QED) is 0.802. The Morgan fingerprint density at radius 3 is 2.88 bits per heavy atom. The first-order chi connectivity index (χ1) is 8.17. The van der Waals surface area contributed by atoms with Crippen LogP contribution in [-0.2, 0) is 17.6 Å². The number of nitrogens with two attached hydrogens (primary N) is 1. The van der Waals surface area contributed by atoms with Crippen LogP contribution in [0.2, 0.25) is 0 Å². The maximum atomic E-state index is 11.8. The van der Waals surface area contributed by atoms with Crippen LogP contribution in [0.5, 0.6) is 5.75 Å². The number of hydrogen-bond donors (Lipinski definition) is 1. The third-order valence-electron chi connectivity index (χ3n) is 3.01. The van der Waals surface area contributed by atoms with Crippen LogP contribution in [0.3, 0.4) is 0 Å². The second-order valence-corrected chi connectivity index (χ2v) is 4.17. The van der Waals surface area contributed by atoms with Crippen molar-refractivity contribution in [3.63, 3.8) is 0 Å². The van der Waals surface area contributed by atoms with Crippen molar-refractivity contribution < 1.29 is 14.3 Å². The molecule has 4 heteroatoms. The lowest BCUT2D eigenvalue weighted by atomic mass is 10.0. The van der Waals surface area contributed by atoms with E-state index in [-0.39, 0.29) is 12.0 Å². The maximum absolute atomic E-state index is 11.8. The molecule has 2 N–H and O–H groups in total. The van der Waals surface area contributed by atoms with Crippen LogP contribution < -0.4 is 10.5 Å². The third-order valence-corrected chi connectivity index (χ3v) is 3.01. The summed E-state index contributed by atoms with van der Waals surface area (Å²) in [6.07, 6.45) is 1.52. The van der Waals surface area contributed by atoms with E-state index in [0.29, 0.717) is 24.3 Å².